The first-order chi connectivity index (χ1) is 11.7. The molecule has 0 radical (unpaired) electrons. The average Bonchev–Trinajstić information content (AvgIpc) is 3.24. The van der Waals surface area contributed by atoms with Gasteiger partial charge in [0.05, 0.1) is 23.2 Å². The molecule has 1 fully saturated rings. The fourth-order valence-electron chi connectivity index (χ4n) is 3.83. The summed E-state index contributed by atoms with van der Waals surface area (Å²) in [6.07, 6.45) is 7.03. The van der Waals surface area contributed by atoms with Crippen molar-refractivity contribution in [3.05, 3.63) is 27.7 Å². The van der Waals surface area contributed by atoms with Gasteiger partial charge in [0, 0.05) is 24.9 Å². The fourth-order valence-corrected chi connectivity index (χ4v) is 4.45. The zero-order valence-corrected chi connectivity index (χ0v) is 14.9. The maximum Gasteiger partial charge on any atom is 0.229 e. The number of thiazole rings is 1. The Bertz CT molecular complexity index is 737. The third kappa shape index (κ3) is 2.97. The van der Waals surface area contributed by atoms with Gasteiger partial charge in [-0.25, -0.2) is 4.98 Å². The number of hydrogen-bond acceptors (Lipinski definition) is 5. The molecule has 0 N–H and O–H groups in total. The number of hydrogen-bond donors (Lipinski definition) is 0. The second-order valence-corrected chi connectivity index (χ2v) is 7.78. The van der Waals surface area contributed by atoms with Crippen molar-refractivity contribution >= 4 is 17.2 Å². The summed E-state index contributed by atoms with van der Waals surface area (Å²) >= 11 is 1.60. The average molecular weight is 345 g/mol. The van der Waals surface area contributed by atoms with Gasteiger partial charge in [0.1, 0.15) is 5.82 Å². The van der Waals surface area contributed by atoms with Crippen LogP contribution in [0, 0.1) is 6.92 Å². The monoisotopic (exact) mass is 345 g/mol. The molecular formula is C17H23N5OS. The van der Waals surface area contributed by atoms with E-state index >= 15 is 0 Å². The number of amides is 1. The molecule has 4 rings (SSSR count). The maximum absolute atomic E-state index is 12.8. The molecule has 1 amide bonds. The lowest BCUT2D eigenvalue weighted by molar-refractivity contribution is -0.131. The van der Waals surface area contributed by atoms with Crippen molar-refractivity contribution in [2.75, 3.05) is 6.54 Å². The van der Waals surface area contributed by atoms with Gasteiger partial charge in [-0.1, -0.05) is 6.42 Å². The van der Waals surface area contributed by atoms with E-state index in [9.17, 15) is 4.79 Å². The standard InChI is InChI=1S/C17H23N5OS/c1-12-18-13(11-24-12)10-16(23)21-9-5-6-14(21)17-20-19-15-7-3-2-4-8-22(15)17/h11,14H,2-10H2,1H3/t14-/m1/s1. The summed E-state index contributed by atoms with van der Waals surface area (Å²) in [7, 11) is 0. The molecule has 1 atom stereocenters. The van der Waals surface area contributed by atoms with Crippen molar-refractivity contribution < 1.29 is 4.79 Å². The van der Waals surface area contributed by atoms with E-state index in [4.69, 9.17) is 0 Å². The Morgan fingerprint density at radius 2 is 2.17 bits per heavy atom. The van der Waals surface area contributed by atoms with E-state index in [-0.39, 0.29) is 11.9 Å². The molecule has 0 bridgehead atoms. The van der Waals surface area contributed by atoms with Crippen LogP contribution in [-0.4, -0.2) is 37.1 Å². The zero-order chi connectivity index (χ0) is 16.5. The number of fused-ring (bicyclic) bond motifs is 1. The molecule has 0 spiro atoms. The molecule has 7 heteroatoms. The van der Waals surface area contributed by atoms with Gasteiger partial charge in [-0.05, 0) is 32.6 Å². The van der Waals surface area contributed by atoms with Gasteiger partial charge in [-0.3, -0.25) is 4.79 Å². The van der Waals surface area contributed by atoms with E-state index in [1.807, 2.05) is 17.2 Å². The molecule has 24 heavy (non-hydrogen) atoms. The lowest BCUT2D eigenvalue weighted by Gasteiger charge is -2.24. The van der Waals surface area contributed by atoms with Crippen molar-refractivity contribution in [1.29, 1.82) is 0 Å². The smallest absolute Gasteiger partial charge is 0.229 e. The van der Waals surface area contributed by atoms with Crippen LogP contribution in [0.1, 0.15) is 60.5 Å². The molecule has 0 unspecified atom stereocenters. The van der Waals surface area contributed by atoms with E-state index in [2.05, 4.69) is 19.7 Å². The highest BCUT2D eigenvalue weighted by Crippen LogP contribution is 2.32. The van der Waals surface area contributed by atoms with Crippen LogP contribution in [0.3, 0.4) is 0 Å². The number of likely N-dealkylation sites (tertiary alicyclic amines) is 1. The van der Waals surface area contributed by atoms with Gasteiger partial charge in [-0.15, -0.1) is 21.5 Å². The SMILES string of the molecule is Cc1nc(CC(=O)N2CCC[C@@H]2c2nnc3n2CCCCC3)cs1. The fraction of sp³-hybridized carbons (Fsp3) is 0.647. The molecule has 0 saturated carbocycles. The third-order valence-corrected chi connectivity index (χ3v) is 5.83. The first kappa shape index (κ1) is 15.7. The van der Waals surface area contributed by atoms with Gasteiger partial charge < -0.3 is 9.47 Å². The van der Waals surface area contributed by atoms with Gasteiger partial charge in [-0.2, -0.15) is 0 Å². The number of rotatable bonds is 3. The van der Waals surface area contributed by atoms with E-state index in [1.165, 1.54) is 19.3 Å². The number of carbonyl (C=O) groups excluding carboxylic acids is 1. The topological polar surface area (TPSA) is 63.9 Å². The first-order valence-corrected chi connectivity index (χ1v) is 9.73. The highest BCUT2D eigenvalue weighted by molar-refractivity contribution is 7.09. The summed E-state index contributed by atoms with van der Waals surface area (Å²) in [5, 5.41) is 11.9. The molecule has 1 saturated heterocycles. The van der Waals surface area contributed by atoms with E-state index < -0.39 is 0 Å². The maximum atomic E-state index is 12.8. The second-order valence-electron chi connectivity index (χ2n) is 6.72. The van der Waals surface area contributed by atoms with Crippen molar-refractivity contribution in [1.82, 2.24) is 24.6 Å². The highest BCUT2D eigenvalue weighted by atomic mass is 32.1. The van der Waals surface area contributed by atoms with Crippen LogP contribution in [-0.2, 0) is 24.2 Å². The van der Waals surface area contributed by atoms with E-state index in [0.29, 0.717) is 6.42 Å². The predicted octanol–water partition coefficient (Wildman–Crippen LogP) is 2.68. The molecule has 4 heterocycles. The molecule has 2 aliphatic heterocycles. The van der Waals surface area contributed by atoms with Crippen LogP contribution in [0.5, 0.6) is 0 Å². The molecule has 6 nitrogen and oxygen atoms in total. The molecule has 2 aromatic heterocycles. The van der Waals surface area contributed by atoms with Crippen molar-refractivity contribution in [2.45, 2.75) is 64.5 Å². The second kappa shape index (κ2) is 6.63. The normalized spacial score (nSPS) is 20.9. The predicted molar refractivity (Wildman–Crippen MR) is 91.8 cm³/mol. The summed E-state index contributed by atoms with van der Waals surface area (Å²) in [5.41, 5.74) is 0.883. The summed E-state index contributed by atoms with van der Waals surface area (Å²) in [4.78, 5) is 19.2. The Morgan fingerprint density at radius 1 is 1.25 bits per heavy atom. The van der Waals surface area contributed by atoms with Crippen molar-refractivity contribution in [3.63, 3.8) is 0 Å². The van der Waals surface area contributed by atoms with Gasteiger partial charge >= 0.3 is 0 Å². The Morgan fingerprint density at radius 3 is 3.00 bits per heavy atom. The minimum atomic E-state index is 0.0802. The van der Waals surface area contributed by atoms with Gasteiger partial charge in [0.2, 0.25) is 5.91 Å². The first-order valence-electron chi connectivity index (χ1n) is 8.85. The quantitative estimate of drug-likeness (QED) is 0.858. The Hall–Kier alpha value is -1.76. The number of carbonyl (C=O) groups is 1. The molecule has 0 aliphatic carbocycles. The summed E-state index contributed by atoms with van der Waals surface area (Å²) < 4.78 is 2.27. The zero-order valence-electron chi connectivity index (χ0n) is 14.1. The third-order valence-electron chi connectivity index (χ3n) is 5.01. The van der Waals surface area contributed by atoms with E-state index in [1.54, 1.807) is 11.3 Å². The largest absolute Gasteiger partial charge is 0.332 e. The van der Waals surface area contributed by atoms with Gasteiger partial charge in [0.25, 0.3) is 0 Å². The number of nitrogens with zero attached hydrogens (tertiary/aromatic N) is 5. The lowest BCUT2D eigenvalue weighted by Crippen LogP contribution is -2.33. The molecule has 0 aromatic carbocycles. The summed E-state index contributed by atoms with van der Waals surface area (Å²) in [5.74, 6) is 2.25. The van der Waals surface area contributed by atoms with Crippen LogP contribution in [0.2, 0.25) is 0 Å². The van der Waals surface area contributed by atoms with E-state index in [0.717, 1.165) is 54.7 Å². The number of aromatic nitrogens is 4. The van der Waals surface area contributed by atoms with Crippen LogP contribution in [0.4, 0.5) is 0 Å². The minimum Gasteiger partial charge on any atom is -0.332 e. The Labute approximate surface area is 145 Å². The molecule has 2 aliphatic rings. The molecule has 2 aromatic rings. The minimum absolute atomic E-state index is 0.0802. The van der Waals surface area contributed by atoms with Crippen molar-refractivity contribution in [3.8, 4) is 0 Å². The highest BCUT2D eigenvalue weighted by Gasteiger charge is 2.34. The van der Waals surface area contributed by atoms with Gasteiger partial charge in [0.15, 0.2) is 5.82 Å². The Kier molecular flexibility index (Phi) is 4.35. The number of aryl methyl sites for hydroxylation is 2. The van der Waals surface area contributed by atoms with Crippen LogP contribution in [0.15, 0.2) is 5.38 Å². The molecule has 128 valence electrons. The lowest BCUT2D eigenvalue weighted by atomic mass is 10.2. The van der Waals surface area contributed by atoms with Crippen LogP contribution < -0.4 is 0 Å². The van der Waals surface area contributed by atoms with Crippen LogP contribution >= 0.6 is 11.3 Å². The molecular weight excluding hydrogens is 322 g/mol. The van der Waals surface area contributed by atoms with Crippen LogP contribution in [0.25, 0.3) is 0 Å². The summed E-state index contributed by atoms with van der Waals surface area (Å²) in [6, 6.07) is 0.0802. The summed E-state index contributed by atoms with van der Waals surface area (Å²) in [6.45, 7) is 3.78. The van der Waals surface area contributed by atoms with Crippen molar-refractivity contribution in [2.24, 2.45) is 0 Å². The Balaban J connectivity index is 1.54.